The van der Waals surface area contributed by atoms with Crippen molar-refractivity contribution in [2.45, 2.75) is 52.1 Å². The van der Waals surface area contributed by atoms with Crippen molar-refractivity contribution < 1.29 is 9.90 Å². The van der Waals surface area contributed by atoms with Crippen molar-refractivity contribution in [2.75, 3.05) is 6.54 Å². The van der Waals surface area contributed by atoms with E-state index in [1.807, 2.05) is 19.9 Å². The summed E-state index contributed by atoms with van der Waals surface area (Å²) in [5.74, 6) is 0.370. The third-order valence-corrected chi connectivity index (χ3v) is 4.12. The first-order valence-electron chi connectivity index (χ1n) is 7.34. The molecule has 4 heteroatoms. The molecule has 2 atom stereocenters. The van der Waals surface area contributed by atoms with Crippen LogP contribution in [0, 0.1) is 19.8 Å². The van der Waals surface area contributed by atoms with Gasteiger partial charge in [-0.25, -0.2) is 0 Å². The van der Waals surface area contributed by atoms with Crippen LogP contribution in [0.1, 0.15) is 54.4 Å². The van der Waals surface area contributed by atoms with E-state index in [1.165, 1.54) is 0 Å². The van der Waals surface area contributed by atoms with Gasteiger partial charge in [-0.1, -0.05) is 19.8 Å². The first-order chi connectivity index (χ1) is 9.39. The summed E-state index contributed by atoms with van der Waals surface area (Å²) in [5, 5.41) is 13.4. The lowest BCUT2D eigenvalue weighted by Crippen LogP contribution is -2.45. The molecule has 1 aliphatic rings. The number of aliphatic hydroxyl groups is 1. The van der Waals surface area contributed by atoms with Gasteiger partial charge in [0, 0.05) is 12.2 Å². The summed E-state index contributed by atoms with van der Waals surface area (Å²) in [5.41, 5.74) is 1.47. The number of nitrogens with one attached hydrogen (secondary N) is 1. The molecule has 0 aromatic carbocycles. The van der Waals surface area contributed by atoms with Crippen molar-refractivity contribution in [1.29, 1.82) is 0 Å². The highest BCUT2D eigenvalue weighted by molar-refractivity contribution is 5.95. The first kappa shape index (κ1) is 15.0. The molecule has 0 aliphatic heterocycles. The number of aryl methyl sites for hydroxylation is 2. The van der Waals surface area contributed by atoms with Gasteiger partial charge in [-0.3, -0.25) is 9.78 Å². The first-order valence-corrected chi connectivity index (χ1v) is 7.34. The second-order valence-corrected chi connectivity index (χ2v) is 6.19. The number of carbonyl (C=O) groups is 1. The van der Waals surface area contributed by atoms with Gasteiger partial charge in [-0.15, -0.1) is 0 Å². The summed E-state index contributed by atoms with van der Waals surface area (Å²) in [6.45, 7) is 6.21. The third-order valence-electron chi connectivity index (χ3n) is 4.12. The summed E-state index contributed by atoms with van der Waals surface area (Å²) in [6.07, 6.45) is 3.72. The fourth-order valence-electron chi connectivity index (χ4n) is 3.06. The molecule has 1 aliphatic carbocycles. The van der Waals surface area contributed by atoms with E-state index in [-0.39, 0.29) is 5.91 Å². The molecule has 1 saturated carbocycles. The van der Waals surface area contributed by atoms with Crippen LogP contribution in [0.3, 0.4) is 0 Å². The quantitative estimate of drug-likeness (QED) is 0.891. The van der Waals surface area contributed by atoms with Gasteiger partial charge in [0.1, 0.15) is 0 Å². The summed E-state index contributed by atoms with van der Waals surface area (Å²) in [4.78, 5) is 16.5. The molecule has 1 aromatic rings. The second-order valence-electron chi connectivity index (χ2n) is 6.19. The number of carbonyl (C=O) groups excluding carboxylic acids is 1. The van der Waals surface area contributed by atoms with Crippen LogP contribution in [0.15, 0.2) is 12.1 Å². The summed E-state index contributed by atoms with van der Waals surface area (Å²) in [6, 6.07) is 3.62. The van der Waals surface area contributed by atoms with E-state index in [9.17, 15) is 9.90 Å². The fraction of sp³-hybridized carbons (Fsp3) is 0.625. The van der Waals surface area contributed by atoms with E-state index < -0.39 is 5.60 Å². The number of aromatic nitrogens is 1. The van der Waals surface area contributed by atoms with Gasteiger partial charge in [0.25, 0.3) is 5.91 Å². The summed E-state index contributed by atoms with van der Waals surface area (Å²) in [7, 11) is 0. The number of nitrogens with zero attached hydrogens (tertiary/aromatic N) is 1. The van der Waals surface area contributed by atoms with Gasteiger partial charge in [-0.05, 0) is 44.7 Å². The van der Waals surface area contributed by atoms with Crippen molar-refractivity contribution in [1.82, 2.24) is 10.3 Å². The molecule has 2 unspecified atom stereocenters. The maximum absolute atomic E-state index is 12.2. The summed E-state index contributed by atoms with van der Waals surface area (Å²) >= 11 is 0. The highest BCUT2D eigenvalue weighted by Gasteiger charge is 2.33. The Morgan fingerprint density at radius 3 is 2.90 bits per heavy atom. The van der Waals surface area contributed by atoms with Gasteiger partial charge in [-0.2, -0.15) is 0 Å². The molecule has 1 aromatic heterocycles. The van der Waals surface area contributed by atoms with E-state index in [0.29, 0.717) is 18.0 Å². The molecule has 0 bridgehead atoms. The number of pyridine rings is 1. The van der Waals surface area contributed by atoms with Crippen LogP contribution < -0.4 is 5.32 Å². The lowest BCUT2D eigenvalue weighted by molar-refractivity contribution is -0.0109. The highest BCUT2D eigenvalue weighted by Crippen LogP contribution is 2.31. The molecule has 2 N–H and O–H groups in total. The normalized spacial score (nSPS) is 26.3. The zero-order valence-corrected chi connectivity index (χ0v) is 12.6. The molecule has 1 fully saturated rings. The maximum atomic E-state index is 12.2. The Balaban J connectivity index is 1.98. The van der Waals surface area contributed by atoms with E-state index in [0.717, 1.165) is 37.1 Å². The van der Waals surface area contributed by atoms with E-state index >= 15 is 0 Å². The van der Waals surface area contributed by atoms with Crippen molar-refractivity contribution in [2.24, 2.45) is 5.92 Å². The number of hydrogen-bond donors (Lipinski definition) is 2. The highest BCUT2D eigenvalue weighted by atomic mass is 16.3. The van der Waals surface area contributed by atoms with Crippen LogP contribution in [0.2, 0.25) is 0 Å². The number of amides is 1. The third kappa shape index (κ3) is 3.57. The molecule has 2 rings (SSSR count). The van der Waals surface area contributed by atoms with E-state index in [2.05, 4.69) is 17.2 Å². The van der Waals surface area contributed by atoms with Gasteiger partial charge in [0.05, 0.1) is 16.9 Å². The molecule has 0 radical (unpaired) electrons. The van der Waals surface area contributed by atoms with Crippen LogP contribution in [0.4, 0.5) is 0 Å². The molecule has 4 nitrogen and oxygen atoms in total. The van der Waals surface area contributed by atoms with Gasteiger partial charge in [0.15, 0.2) is 0 Å². The predicted molar refractivity (Wildman–Crippen MR) is 78.6 cm³/mol. The predicted octanol–water partition coefficient (Wildman–Crippen LogP) is 2.37. The Morgan fingerprint density at radius 1 is 1.50 bits per heavy atom. The minimum atomic E-state index is -0.751. The van der Waals surface area contributed by atoms with Crippen LogP contribution in [-0.2, 0) is 0 Å². The molecule has 0 saturated heterocycles. The molecule has 1 amide bonds. The number of hydrogen-bond acceptors (Lipinski definition) is 3. The Bertz CT molecular complexity index is 501. The molecule has 0 spiro atoms. The van der Waals surface area contributed by atoms with Gasteiger partial charge in [0.2, 0.25) is 0 Å². The molecular formula is C16H24N2O2. The van der Waals surface area contributed by atoms with Gasteiger partial charge >= 0.3 is 0 Å². The standard InChI is InChI=1S/C16H24N2O2/c1-11-5-4-8-16(20,9-11)10-17-15(19)14-7-6-12(2)18-13(14)3/h6-7,11,20H,4-5,8-10H2,1-3H3,(H,17,19). The zero-order chi connectivity index (χ0) is 14.8. The Labute approximate surface area is 120 Å². The fourth-order valence-corrected chi connectivity index (χ4v) is 3.06. The average Bonchev–Trinajstić information content (AvgIpc) is 2.36. The summed E-state index contributed by atoms with van der Waals surface area (Å²) < 4.78 is 0. The van der Waals surface area contributed by atoms with Crippen LogP contribution >= 0.6 is 0 Å². The van der Waals surface area contributed by atoms with Crippen molar-refractivity contribution in [3.8, 4) is 0 Å². The smallest absolute Gasteiger partial charge is 0.253 e. The molecule has 20 heavy (non-hydrogen) atoms. The van der Waals surface area contributed by atoms with Crippen LogP contribution in [0.5, 0.6) is 0 Å². The lowest BCUT2D eigenvalue weighted by Gasteiger charge is -2.35. The maximum Gasteiger partial charge on any atom is 0.253 e. The monoisotopic (exact) mass is 276 g/mol. The van der Waals surface area contributed by atoms with E-state index in [4.69, 9.17) is 0 Å². The SMILES string of the molecule is Cc1ccc(C(=O)NCC2(O)CCCC(C)C2)c(C)n1. The van der Waals surface area contributed by atoms with Crippen molar-refractivity contribution >= 4 is 5.91 Å². The molecule has 1 heterocycles. The second kappa shape index (κ2) is 5.92. The Hall–Kier alpha value is -1.42. The van der Waals surface area contributed by atoms with Crippen LogP contribution in [-0.4, -0.2) is 28.1 Å². The largest absolute Gasteiger partial charge is 0.388 e. The van der Waals surface area contributed by atoms with Crippen molar-refractivity contribution in [3.63, 3.8) is 0 Å². The Morgan fingerprint density at radius 2 is 2.25 bits per heavy atom. The number of rotatable bonds is 3. The topological polar surface area (TPSA) is 62.2 Å². The minimum absolute atomic E-state index is 0.151. The Kier molecular flexibility index (Phi) is 4.43. The minimum Gasteiger partial charge on any atom is -0.388 e. The molecular weight excluding hydrogens is 252 g/mol. The zero-order valence-electron chi connectivity index (χ0n) is 12.6. The van der Waals surface area contributed by atoms with Gasteiger partial charge < -0.3 is 10.4 Å². The average molecular weight is 276 g/mol. The van der Waals surface area contributed by atoms with Crippen LogP contribution in [0.25, 0.3) is 0 Å². The van der Waals surface area contributed by atoms with Crippen molar-refractivity contribution in [3.05, 3.63) is 29.1 Å². The molecule has 110 valence electrons. The lowest BCUT2D eigenvalue weighted by atomic mass is 9.79. The van der Waals surface area contributed by atoms with E-state index in [1.54, 1.807) is 6.07 Å².